The second-order valence-electron chi connectivity index (χ2n) is 11.6. The molecule has 8 nitrogen and oxygen atoms in total. The van der Waals surface area contributed by atoms with Crippen molar-refractivity contribution in [2.24, 2.45) is 0 Å². The number of imidazole rings is 1. The largest absolute Gasteiger partial charge is 0.350 e. The van der Waals surface area contributed by atoms with E-state index < -0.39 is 10.0 Å². The summed E-state index contributed by atoms with van der Waals surface area (Å²) in [5, 5.41) is 3.77. The van der Waals surface area contributed by atoms with Gasteiger partial charge in [0.25, 0.3) is 15.9 Å². The van der Waals surface area contributed by atoms with Crippen LogP contribution < -0.4 is 10.0 Å². The third-order valence-corrected chi connectivity index (χ3v) is 8.93. The Balaban J connectivity index is 1.28. The molecule has 0 aliphatic rings. The van der Waals surface area contributed by atoms with E-state index in [2.05, 4.69) is 40.8 Å². The van der Waals surface area contributed by atoms with E-state index in [0.29, 0.717) is 30.0 Å². The molecular formula is C34H33N5O3S. The number of aromatic amines is 1. The van der Waals surface area contributed by atoms with Gasteiger partial charge in [0.15, 0.2) is 0 Å². The molecule has 0 radical (unpaired) electrons. The number of hydrogen-bond acceptors (Lipinski definition) is 4. The third-order valence-electron chi connectivity index (χ3n) is 7.54. The predicted octanol–water partition coefficient (Wildman–Crippen LogP) is 6.71. The molecule has 0 fully saturated rings. The molecule has 1 amide bonds. The lowest BCUT2D eigenvalue weighted by Crippen LogP contribution is -2.27. The van der Waals surface area contributed by atoms with E-state index in [0.717, 1.165) is 33.1 Å². The first-order chi connectivity index (χ1) is 20.6. The van der Waals surface area contributed by atoms with Gasteiger partial charge in [-0.15, -0.1) is 0 Å². The van der Waals surface area contributed by atoms with Crippen molar-refractivity contribution >= 4 is 43.6 Å². The second kappa shape index (κ2) is 11.1. The number of carbonyl (C=O) groups excluding carboxylic acids is 1. The average Bonchev–Trinajstić information content (AvgIpc) is 3.58. The van der Waals surface area contributed by atoms with E-state index in [-0.39, 0.29) is 16.2 Å². The fourth-order valence-corrected chi connectivity index (χ4v) is 6.29. The molecule has 0 atom stereocenters. The van der Waals surface area contributed by atoms with Crippen molar-refractivity contribution in [2.75, 3.05) is 11.3 Å². The number of nitrogens with one attached hydrogen (secondary N) is 3. The normalized spacial score (nSPS) is 12.1. The van der Waals surface area contributed by atoms with Gasteiger partial charge in [-0.3, -0.25) is 9.52 Å². The molecule has 0 spiro atoms. The van der Waals surface area contributed by atoms with Crippen molar-refractivity contribution in [2.45, 2.75) is 37.6 Å². The second-order valence-corrected chi connectivity index (χ2v) is 13.2. The highest BCUT2D eigenvalue weighted by Gasteiger charge is 2.22. The summed E-state index contributed by atoms with van der Waals surface area (Å²) in [6, 6.07) is 29.7. The van der Waals surface area contributed by atoms with Gasteiger partial charge in [0.05, 0.1) is 22.3 Å². The molecule has 6 rings (SSSR count). The fraction of sp³-hybridized carbons (Fsp3) is 0.176. The first-order valence-corrected chi connectivity index (χ1v) is 15.6. The summed E-state index contributed by atoms with van der Waals surface area (Å²) < 4.78 is 31.3. The summed E-state index contributed by atoms with van der Waals surface area (Å²) in [7, 11) is -3.83. The van der Waals surface area contributed by atoms with E-state index in [1.165, 1.54) is 0 Å². The monoisotopic (exact) mass is 591 g/mol. The number of fused-ring (bicyclic) bond motifs is 2. The highest BCUT2D eigenvalue weighted by molar-refractivity contribution is 7.92. The van der Waals surface area contributed by atoms with Crippen LogP contribution in [0.4, 0.5) is 5.69 Å². The van der Waals surface area contributed by atoms with Crippen LogP contribution in [0.5, 0.6) is 0 Å². The standard InChI is InChI=1S/C34H33N5O3S/c1-34(2,3)24-13-16-26(17-14-24)43(41,42)38-25-15-18-28-27(21-25)31(23-9-5-4-6-10-23)32(37-28)33(40)35-19-20-39-22-36-29-11-7-8-12-30(29)39/h4-18,21-22,37-38H,19-20H2,1-3H3,(H,35,40). The van der Waals surface area contributed by atoms with Crippen molar-refractivity contribution in [3.05, 3.63) is 115 Å². The Morgan fingerprint density at radius 2 is 1.63 bits per heavy atom. The number of rotatable bonds is 8. The minimum atomic E-state index is -3.83. The number of para-hydroxylation sites is 2. The first kappa shape index (κ1) is 28.2. The van der Waals surface area contributed by atoms with Crippen molar-refractivity contribution in [3.63, 3.8) is 0 Å². The highest BCUT2D eigenvalue weighted by Crippen LogP contribution is 2.35. The summed E-state index contributed by atoms with van der Waals surface area (Å²) in [6.45, 7) is 7.22. The Kier molecular flexibility index (Phi) is 7.27. The number of anilines is 1. The summed E-state index contributed by atoms with van der Waals surface area (Å²) in [6.07, 6.45) is 1.77. The fourth-order valence-electron chi connectivity index (χ4n) is 5.25. The molecule has 3 N–H and O–H groups in total. The minimum Gasteiger partial charge on any atom is -0.350 e. The van der Waals surface area contributed by atoms with Gasteiger partial charge >= 0.3 is 0 Å². The number of amides is 1. The van der Waals surface area contributed by atoms with Gasteiger partial charge in [0.2, 0.25) is 0 Å². The van der Waals surface area contributed by atoms with Gasteiger partial charge < -0.3 is 14.9 Å². The van der Waals surface area contributed by atoms with Crippen LogP contribution in [0.15, 0.2) is 108 Å². The van der Waals surface area contributed by atoms with Gasteiger partial charge in [-0.2, -0.15) is 0 Å². The Bertz CT molecular complexity index is 2040. The number of carbonyl (C=O) groups is 1. The number of aromatic nitrogens is 3. The van der Waals surface area contributed by atoms with Crippen LogP contribution in [0, 0.1) is 0 Å². The number of nitrogens with zero attached hydrogens (tertiary/aromatic N) is 2. The van der Waals surface area contributed by atoms with Gasteiger partial charge in [-0.05, 0) is 59.0 Å². The molecule has 2 heterocycles. The summed E-state index contributed by atoms with van der Waals surface area (Å²) >= 11 is 0. The zero-order chi connectivity index (χ0) is 30.2. The van der Waals surface area contributed by atoms with Crippen LogP contribution in [0.1, 0.15) is 36.8 Å². The van der Waals surface area contributed by atoms with Crippen LogP contribution in [0.2, 0.25) is 0 Å². The number of hydrogen-bond donors (Lipinski definition) is 3. The molecule has 2 aromatic heterocycles. The van der Waals surface area contributed by atoms with Gasteiger partial charge in [-0.1, -0.05) is 75.4 Å². The van der Waals surface area contributed by atoms with E-state index in [9.17, 15) is 13.2 Å². The quantitative estimate of drug-likeness (QED) is 0.183. The number of sulfonamides is 1. The van der Waals surface area contributed by atoms with Crippen molar-refractivity contribution < 1.29 is 13.2 Å². The maximum absolute atomic E-state index is 13.5. The van der Waals surface area contributed by atoms with E-state index in [1.807, 2.05) is 71.3 Å². The summed E-state index contributed by atoms with van der Waals surface area (Å²) in [5.74, 6) is -0.249. The number of H-pyrrole nitrogens is 1. The lowest BCUT2D eigenvalue weighted by atomic mass is 9.87. The minimum absolute atomic E-state index is 0.0826. The molecule has 43 heavy (non-hydrogen) atoms. The van der Waals surface area contributed by atoms with Crippen molar-refractivity contribution in [3.8, 4) is 11.1 Å². The van der Waals surface area contributed by atoms with E-state index >= 15 is 0 Å². The average molecular weight is 592 g/mol. The highest BCUT2D eigenvalue weighted by atomic mass is 32.2. The molecule has 0 unspecified atom stereocenters. The van der Waals surface area contributed by atoms with Crippen LogP contribution >= 0.6 is 0 Å². The Hall–Kier alpha value is -4.89. The van der Waals surface area contributed by atoms with Crippen LogP contribution in [-0.2, 0) is 22.0 Å². The summed E-state index contributed by atoms with van der Waals surface area (Å²) in [4.78, 5) is 21.4. The molecular weight excluding hydrogens is 558 g/mol. The maximum Gasteiger partial charge on any atom is 0.268 e. The first-order valence-electron chi connectivity index (χ1n) is 14.1. The molecule has 0 aliphatic heterocycles. The van der Waals surface area contributed by atoms with Gasteiger partial charge in [-0.25, -0.2) is 13.4 Å². The smallest absolute Gasteiger partial charge is 0.268 e. The zero-order valence-electron chi connectivity index (χ0n) is 24.3. The molecule has 6 aromatic rings. The summed E-state index contributed by atoms with van der Waals surface area (Å²) in [5.41, 5.74) is 5.97. The van der Waals surface area contributed by atoms with Crippen LogP contribution in [-0.4, -0.2) is 35.4 Å². The van der Waals surface area contributed by atoms with Crippen LogP contribution in [0.25, 0.3) is 33.1 Å². The lowest BCUT2D eigenvalue weighted by Gasteiger charge is -2.19. The predicted molar refractivity (Wildman–Crippen MR) is 172 cm³/mol. The number of benzene rings is 4. The Labute approximate surface area is 250 Å². The van der Waals surface area contributed by atoms with Crippen molar-refractivity contribution in [1.82, 2.24) is 19.9 Å². The molecule has 0 saturated carbocycles. The van der Waals surface area contributed by atoms with Gasteiger partial charge in [0, 0.05) is 35.2 Å². The molecule has 218 valence electrons. The van der Waals surface area contributed by atoms with E-state index in [4.69, 9.17) is 0 Å². The molecule has 9 heteroatoms. The SMILES string of the molecule is CC(C)(C)c1ccc(S(=O)(=O)Nc2ccc3[nH]c(C(=O)NCCn4cnc5ccccc54)c(-c4ccccc4)c3c2)cc1. The molecule has 0 bridgehead atoms. The van der Waals surface area contributed by atoms with E-state index in [1.54, 1.807) is 36.7 Å². The lowest BCUT2D eigenvalue weighted by molar-refractivity contribution is 0.0949. The topological polar surface area (TPSA) is 109 Å². The molecule has 0 saturated heterocycles. The Morgan fingerprint density at radius 1 is 0.907 bits per heavy atom. The zero-order valence-corrected chi connectivity index (χ0v) is 25.1. The molecule has 4 aromatic carbocycles. The third kappa shape index (κ3) is 5.76. The van der Waals surface area contributed by atoms with Crippen molar-refractivity contribution in [1.29, 1.82) is 0 Å². The maximum atomic E-state index is 13.5. The van der Waals surface area contributed by atoms with Crippen LogP contribution in [0.3, 0.4) is 0 Å². The molecule has 0 aliphatic carbocycles. The Morgan fingerprint density at radius 3 is 2.37 bits per heavy atom. The van der Waals surface area contributed by atoms with Gasteiger partial charge in [0.1, 0.15) is 5.69 Å².